The summed E-state index contributed by atoms with van der Waals surface area (Å²) in [5, 5.41) is 0. The van der Waals surface area contributed by atoms with Gasteiger partial charge in [0, 0.05) is 32.0 Å². The summed E-state index contributed by atoms with van der Waals surface area (Å²) in [6, 6.07) is 4.53. The molecule has 1 aliphatic rings. The van der Waals surface area contributed by atoms with E-state index in [1.165, 1.54) is 22.3 Å². The predicted octanol–water partition coefficient (Wildman–Crippen LogP) is 2.69. The zero-order valence-electron chi connectivity index (χ0n) is 12.0. The summed E-state index contributed by atoms with van der Waals surface area (Å²) in [7, 11) is 0. The molecule has 0 aliphatic carbocycles. The van der Waals surface area contributed by atoms with Crippen LogP contribution in [0, 0.1) is 20.8 Å². The van der Waals surface area contributed by atoms with Crippen LogP contribution in [0.15, 0.2) is 24.5 Å². The lowest BCUT2D eigenvalue weighted by Gasteiger charge is -2.22. The topological polar surface area (TPSA) is 32.5 Å². The molecule has 0 bridgehead atoms. The van der Waals surface area contributed by atoms with Crippen molar-refractivity contribution in [2.75, 3.05) is 19.8 Å². The highest BCUT2D eigenvalue weighted by Crippen LogP contribution is 2.20. The van der Waals surface area contributed by atoms with Gasteiger partial charge in [-0.2, -0.15) is 0 Å². The van der Waals surface area contributed by atoms with Crippen LogP contribution in [-0.4, -0.2) is 29.6 Å². The Labute approximate surface area is 126 Å². The molecule has 1 heterocycles. The van der Waals surface area contributed by atoms with Crippen LogP contribution >= 0.6 is 17.0 Å². The predicted molar refractivity (Wildman–Crippen MR) is 86.3 cm³/mol. The molecule has 0 saturated heterocycles. The van der Waals surface area contributed by atoms with Gasteiger partial charge in [-0.25, -0.2) is 0 Å². The first kappa shape index (κ1) is 16.1. The first-order chi connectivity index (χ1) is 8.60. The molecule has 1 aliphatic heterocycles. The van der Waals surface area contributed by atoms with E-state index in [0.717, 1.165) is 19.8 Å². The maximum atomic E-state index is 5.58. The average molecular weight is 326 g/mol. The van der Waals surface area contributed by atoms with E-state index in [0.29, 0.717) is 6.54 Å². The molecule has 0 atom stereocenters. The summed E-state index contributed by atoms with van der Waals surface area (Å²) in [4.78, 5) is 4.58. The highest BCUT2D eigenvalue weighted by molar-refractivity contribution is 8.93. The summed E-state index contributed by atoms with van der Waals surface area (Å²) >= 11 is 0. The maximum absolute atomic E-state index is 5.58. The molecule has 19 heavy (non-hydrogen) atoms. The van der Waals surface area contributed by atoms with Gasteiger partial charge in [0.25, 0.3) is 0 Å². The number of benzene rings is 1. The fourth-order valence-corrected chi connectivity index (χ4v) is 2.59. The van der Waals surface area contributed by atoms with E-state index in [1.807, 2.05) is 0 Å². The fourth-order valence-electron chi connectivity index (χ4n) is 2.59. The minimum absolute atomic E-state index is 0. The van der Waals surface area contributed by atoms with Crippen molar-refractivity contribution < 1.29 is 0 Å². The van der Waals surface area contributed by atoms with Crippen molar-refractivity contribution in [2.45, 2.75) is 27.3 Å². The molecule has 2 N–H and O–H groups in total. The highest BCUT2D eigenvalue weighted by atomic mass is 79.9. The van der Waals surface area contributed by atoms with Crippen molar-refractivity contribution in [3.05, 3.63) is 46.8 Å². The van der Waals surface area contributed by atoms with Gasteiger partial charge in [0.15, 0.2) is 0 Å². The molecule has 3 nitrogen and oxygen atoms in total. The number of rotatable bonds is 4. The second-order valence-corrected chi connectivity index (χ2v) is 5.16. The van der Waals surface area contributed by atoms with Crippen LogP contribution in [0.5, 0.6) is 0 Å². The van der Waals surface area contributed by atoms with Gasteiger partial charge in [-0.15, -0.1) is 17.0 Å². The van der Waals surface area contributed by atoms with Crippen molar-refractivity contribution >= 4 is 17.0 Å². The van der Waals surface area contributed by atoms with Gasteiger partial charge in [-0.3, -0.25) is 0 Å². The van der Waals surface area contributed by atoms with Crippen molar-refractivity contribution in [3.63, 3.8) is 0 Å². The van der Waals surface area contributed by atoms with Crippen molar-refractivity contribution in [2.24, 2.45) is 5.73 Å². The molecular weight excluding hydrogens is 302 g/mol. The lowest BCUT2D eigenvalue weighted by Crippen LogP contribution is -2.29. The van der Waals surface area contributed by atoms with E-state index >= 15 is 0 Å². The molecule has 0 fully saturated rings. The number of halogens is 1. The van der Waals surface area contributed by atoms with E-state index < -0.39 is 0 Å². The Balaban J connectivity index is 0.00000180. The van der Waals surface area contributed by atoms with Gasteiger partial charge in [-0.05, 0) is 37.5 Å². The average Bonchev–Trinajstić information content (AvgIpc) is 2.72. The van der Waals surface area contributed by atoms with Gasteiger partial charge >= 0.3 is 0 Å². The molecule has 1 aromatic rings. The Hall–Kier alpha value is -1.00. The SMILES string of the molecule is Br.Cc1cc(C)c(CN2C=CN(CCN)C2)c(C)c1. The molecule has 0 radical (unpaired) electrons. The third-order valence-electron chi connectivity index (χ3n) is 3.47. The minimum Gasteiger partial charge on any atom is -0.357 e. The zero-order valence-corrected chi connectivity index (χ0v) is 13.7. The Morgan fingerprint density at radius 2 is 1.63 bits per heavy atom. The summed E-state index contributed by atoms with van der Waals surface area (Å²) in [6.07, 6.45) is 4.29. The quantitative estimate of drug-likeness (QED) is 0.923. The molecule has 0 spiro atoms. The number of hydrogen-bond donors (Lipinski definition) is 1. The van der Waals surface area contributed by atoms with E-state index in [4.69, 9.17) is 5.73 Å². The number of hydrogen-bond acceptors (Lipinski definition) is 3. The van der Waals surface area contributed by atoms with Gasteiger partial charge in [0.05, 0.1) is 6.67 Å². The van der Waals surface area contributed by atoms with Crippen LogP contribution in [0.1, 0.15) is 22.3 Å². The van der Waals surface area contributed by atoms with Crippen LogP contribution in [0.3, 0.4) is 0 Å². The molecule has 0 unspecified atom stereocenters. The van der Waals surface area contributed by atoms with E-state index in [-0.39, 0.29) is 17.0 Å². The van der Waals surface area contributed by atoms with Crippen molar-refractivity contribution in [1.29, 1.82) is 0 Å². The Kier molecular flexibility index (Phi) is 5.88. The third-order valence-corrected chi connectivity index (χ3v) is 3.47. The summed E-state index contributed by atoms with van der Waals surface area (Å²) in [5.74, 6) is 0. The molecule has 0 saturated carbocycles. The summed E-state index contributed by atoms with van der Waals surface area (Å²) in [5.41, 5.74) is 11.1. The van der Waals surface area contributed by atoms with Crippen molar-refractivity contribution in [1.82, 2.24) is 9.80 Å². The molecule has 106 valence electrons. The summed E-state index contributed by atoms with van der Waals surface area (Å²) in [6.45, 7) is 10.1. The highest BCUT2D eigenvalue weighted by Gasteiger charge is 2.13. The van der Waals surface area contributed by atoms with Gasteiger partial charge in [0.1, 0.15) is 0 Å². The molecule has 2 rings (SSSR count). The van der Waals surface area contributed by atoms with Gasteiger partial charge in [-0.1, -0.05) is 17.7 Å². The van der Waals surface area contributed by atoms with Crippen LogP contribution in [-0.2, 0) is 6.54 Å². The number of aryl methyl sites for hydroxylation is 3. The zero-order chi connectivity index (χ0) is 13.1. The molecule has 1 aromatic carbocycles. The Morgan fingerprint density at radius 1 is 1.05 bits per heavy atom. The standard InChI is InChI=1S/C15H23N3.BrH/c1-12-8-13(2)15(14(3)9-12)10-18-7-6-17(11-18)5-4-16;/h6-9H,4-5,10-11,16H2,1-3H3;1H. The lowest BCUT2D eigenvalue weighted by atomic mass is 9.99. The minimum atomic E-state index is 0. The Morgan fingerprint density at radius 3 is 2.21 bits per heavy atom. The van der Waals surface area contributed by atoms with E-state index in [9.17, 15) is 0 Å². The largest absolute Gasteiger partial charge is 0.357 e. The Bertz CT molecular complexity index is 434. The summed E-state index contributed by atoms with van der Waals surface area (Å²) < 4.78 is 0. The molecular formula is C15H24BrN3. The number of nitrogens with zero attached hydrogens (tertiary/aromatic N) is 2. The maximum Gasteiger partial charge on any atom is 0.0897 e. The van der Waals surface area contributed by atoms with E-state index in [2.05, 4.69) is 55.1 Å². The van der Waals surface area contributed by atoms with Gasteiger partial charge < -0.3 is 15.5 Å². The monoisotopic (exact) mass is 325 g/mol. The molecule has 0 aromatic heterocycles. The van der Waals surface area contributed by atoms with Crippen LogP contribution in [0.2, 0.25) is 0 Å². The normalized spacial score (nSPS) is 13.9. The van der Waals surface area contributed by atoms with Crippen LogP contribution < -0.4 is 5.73 Å². The first-order valence-electron chi connectivity index (χ1n) is 6.53. The fraction of sp³-hybridized carbons (Fsp3) is 0.467. The van der Waals surface area contributed by atoms with E-state index in [1.54, 1.807) is 0 Å². The van der Waals surface area contributed by atoms with Crippen molar-refractivity contribution in [3.8, 4) is 0 Å². The van der Waals surface area contributed by atoms with Gasteiger partial charge in [0.2, 0.25) is 0 Å². The second kappa shape index (κ2) is 6.96. The number of nitrogens with two attached hydrogens (primary N) is 1. The van der Waals surface area contributed by atoms with Crippen LogP contribution in [0.25, 0.3) is 0 Å². The third kappa shape index (κ3) is 3.98. The smallest absolute Gasteiger partial charge is 0.0897 e. The molecule has 4 heteroatoms. The first-order valence-corrected chi connectivity index (χ1v) is 6.53. The second-order valence-electron chi connectivity index (χ2n) is 5.16. The lowest BCUT2D eigenvalue weighted by molar-refractivity contribution is 0.263. The molecule has 0 amide bonds. The van der Waals surface area contributed by atoms with Crippen LogP contribution in [0.4, 0.5) is 0 Å².